The van der Waals surface area contributed by atoms with Crippen LogP contribution in [-0.4, -0.2) is 27.3 Å². The molecule has 0 atom stereocenters. The summed E-state index contributed by atoms with van der Waals surface area (Å²) in [5.41, 5.74) is 3.47. The highest BCUT2D eigenvalue weighted by atomic mass is 32.1. The normalized spacial score (nSPS) is 11.8. The van der Waals surface area contributed by atoms with Gasteiger partial charge in [-0.3, -0.25) is 20.1 Å². The van der Waals surface area contributed by atoms with Gasteiger partial charge in [-0.25, -0.2) is 4.68 Å². The summed E-state index contributed by atoms with van der Waals surface area (Å²) in [5.74, 6) is 0. The Balaban J connectivity index is 2.05. The molecule has 7 nitrogen and oxygen atoms in total. The highest BCUT2D eigenvalue weighted by Gasteiger charge is 2.10. The smallest absolute Gasteiger partial charge is 0.264 e. The molecule has 0 N–H and O–H groups in total. The molecule has 2 aromatic heterocycles. The summed E-state index contributed by atoms with van der Waals surface area (Å²) in [5, 5.41) is 17.4. The zero-order chi connectivity index (χ0) is 19.2. The van der Waals surface area contributed by atoms with Crippen LogP contribution in [0.5, 0.6) is 0 Å². The minimum Gasteiger partial charge on any atom is -0.264 e. The number of non-ortho nitro benzene ring substituents is 1. The monoisotopic (exact) mass is 379 g/mol. The zero-order valence-electron chi connectivity index (χ0n) is 14.6. The van der Waals surface area contributed by atoms with Gasteiger partial charge in [0, 0.05) is 41.0 Å². The minimum absolute atomic E-state index is 0.0478. The molecule has 0 amide bonds. The summed E-state index contributed by atoms with van der Waals surface area (Å²) < 4.78 is 1.72. The number of aromatic nitrogens is 2. The number of benzene rings is 1. The molecule has 0 saturated carbocycles. The molecule has 1 aromatic carbocycles. The zero-order valence-corrected chi connectivity index (χ0v) is 15.5. The maximum atomic E-state index is 10.9. The SMILES string of the molecule is C=C(C)CN=c1scc(-c2ccc([N+](=O)[O-])cc2)n1N=Cc1cccnc1. The highest BCUT2D eigenvalue weighted by molar-refractivity contribution is 7.07. The lowest BCUT2D eigenvalue weighted by Gasteiger charge is -2.03. The van der Waals surface area contributed by atoms with E-state index in [0.717, 1.165) is 22.4 Å². The van der Waals surface area contributed by atoms with Crippen LogP contribution in [0.3, 0.4) is 0 Å². The van der Waals surface area contributed by atoms with Crippen LogP contribution in [0.2, 0.25) is 0 Å². The van der Waals surface area contributed by atoms with Crippen molar-refractivity contribution >= 4 is 23.2 Å². The molecule has 136 valence electrons. The maximum absolute atomic E-state index is 10.9. The van der Waals surface area contributed by atoms with E-state index < -0.39 is 4.92 Å². The average Bonchev–Trinajstić information content (AvgIpc) is 3.08. The van der Waals surface area contributed by atoms with Gasteiger partial charge in [-0.1, -0.05) is 18.2 Å². The molecule has 0 aliphatic rings. The highest BCUT2D eigenvalue weighted by Crippen LogP contribution is 2.23. The Morgan fingerprint density at radius 3 is 2.78 bits per heavy atom. The second-order valence-corrected chi connectivity index (χ2v) is 6.66. The summed E-state index contributed by atoms with van der Waals surface area (Å²) in [6.07, 6.45) is 5.12. The largest absolute Gasteiger partial charge is 0.269 e. The summed E-state index contributed by atoms with van der Waals surface area (Å²) in [7, 11) is 0. The van der Waals surface area contributed by atoms with Gasteiger partial charge in [0.05, 0.1) is 23.4 Å². The Kier molecular flexibility index (Phi) is 5.68. The van der Waals surface area contributed by atoms with Crippen molar-refractivity contribution in [1.82, 2.24) is 9.66 Å². The minimum atomic E-state index is -0.417. The molecule has 2 heterocycles. The Bertz CT molecular complexity index is 1050. The fourth-order valence-corrected chi connectivity index (χ4v) is 3.09. The first-order chi connectivity index (χ1) is 13.0. The standard InChI is InChI=1S/C19H17N5O2S/c1-14(2)10-21-19-23(22-12-15-4-3-9-20-11-15)18(13-27-19)16-5-7-17(8-6-16)24(25)26/h3-9,11-13H,1,10H2,2H3. The Hall–Kier alpha value is -3.39. The second kappa shape index (κ2) is 8.33. The van der Waals surface area contributed by atoms with Crippen molar-refractivity contribution in [2.45, 2.75) is 6.92 Å². The van der Waals surface area contributed by atoms with Crippen molar-refractivity contribution < 1.29 is 4.92 Å². The van der Waals surface area contributed by atoms with Crippen molar-refractivity contribution in [3.05, 3.63) is 86.8 Å². The number of hydrogen-bond donors (Lipinski definition) is 0. The summed E-state index contributed by atoms with van der Waals surface area (Å²) in [6, 6.07) is 10.1. The fraction of sp³-hybridized carbons (Fsp3) is 0.105. The molecule has 0 radical (unpaired) electrons. The number of nitro benzene ring substituents is 1. The van der Waals surface area contributed by atoms with Gasteiger partial charge in [-0.05, 0) is 25.1 Å². The topological polar surface area (TPSA) is 85.7 Å². The third kappa shape index (κ3) is 4.62. The van der Waals surface area contributed by atoms with E-state index in [2.05, 4.69) is 21.7 Å². The van der Waals surface area contributed by atoms with E-state index in [-0.39, 0.29) is 5.69 Å². The third-order valence-corrected chi connectivity index (χ3v) is 4.40. The van der Waals surface area contributed by atoms with Crippen LogP contribution in [0.25, 0.3) is 11.3 Å². The van der Waals surface area contributed by atoms with Gasteiger partial charge in [-0.15, -0.1) is 11.3 Å². The van der Waals surface area contributed by atoms with Crippen molar-refractivity contribution in [2.75, 3.05) is 6.54 Å². The molecular formula is C19H17N5O2S. The van der Waals surface area contributed by atoms with E-state index in [9.17, 15) is 10.1 Å². The Labute approximate surface area is 159 Å². The quantitative estimate of drug-likeness (QED) is 0.282. The molecule has 0 aliphatic carbocycles. The Morgan fingerprint density at radius 1 is 1.37 bits per heavy atom. The van der Waals surface area contributed by atoms with Crippen LogP contribution in [0.1, 0.15) is 12.5 Å². The van der Waals surface area contributed by atoms with Crippen LogP contribution in [0.4, 0.5) is 5.69 Å². The lowest BCUT2D eigenvalue weighted by molar-refractivity contribution is -0.384. The number of thiazole rings is 1. The molecular weight excluding hydrogens is 362 g/mol. The number of hydrogen-bond acceptors (Lipinski definition) is 6. The molecule has 3 rings (SSSR count). The van der Waals surface area contributed by atoms with Gasteiger partial charge in [0.15, 0.2) is 0 Å². The number of nitrogens with zero attached hydrogens (tertiary/aromatic N) is 5. The van der Waals surface area contributed by atoms with Gasteiger partial charge in [0.2, 0.25) is 4.80 Å². The van der Waals surface area contributed by atoms with Crippen molar-refractivity contribution in [1.29, 1.82) is 0 Å². The van der Waals surface area contributed by atoms with Crippen LogP contribution >= 0.6 is 11.3 Å². The van der Waals surface area contributed by atoms with Crippen molar-refractivity contribution in [3.8, 4) is 11.3 Å². The molecule has 0 fully saturated rings. The van der Waals surface area contributed by atoms with E-state index in [1.54, 1.807) is 35.4 Å². The lowest BCUT2D eigenvalue weighted by atomic mass is 10.1. The van der Waals surface area contributed by atoms with Gasteiger partial charge in [-0.2, -0.15) is 5.10 Å². The maximum Gasteiger partial charge on any atom is 0.269 e. The molecule has 27 heavy (non-hydrogen) atoms. The molecule has 0 aliphatic heterocycles. The molecule has 0 spiro atoms. The van der Waals surface area contributed by atoms with Crippen LogP contribution in [0, 0.1) is 10.1 Å². The average molecular weight is 379 g/mol. The van der Waals surface area contributed by atoms with E-state index in [4.69, 9.17) is 0 Å². The van der Waals surface area contributed by atoms with Crippen molar-refractivity contribution in [3.63, 3.8) is 0 Å². The van der Waals surface area contributed by atoms with Gasteiger partial charge in [0.1, 0.15) is 0 Å². The van der Waals surface area contributed by atoms with E-state index >= 15 is 0 Å². The first kappa shape index (κ1) is 18.4. The van der Waals surface area contributed by atoms with Gasteiger partial charge < -0.3 is 0 Å². The second-order valence-electron chi connectivity index (χ2n) is 5.82. The molecule has 0 unspecified atom stereocenters. The van der Waals surface area contributed by atoms with E-state index in [1.807, 2.05) is 24.4 Å². The van der Waals surface area contributed by atoms with Gasteiger partial charge >= 0.3 is 0 Å². The predicted molar refractivity (Wildman–Crippen MR) is 107 cm³/mol. The number of nitro groups is 1. The predicted octanol–water partition coefficient (Wildman–Crippen LogP) is 3.88. The van der Waals surface area contributed by atoms with Crippen LogP contribution in [0.15, 0.2) is 76.4 Å². The van der Waals surface area contributed by atoms with E-state index in [0.29, 0.717) is 11.3 Å². The lowest BCUT2D eigenvalue weighted by Crippen LogP contribution is -2.13. The van der Waals surface area contributed by atoms with E-state index in [1.165, 1.54) is 23.5 Å². The summed E-state index contributed by atoms with van der Waals surface area (Å²) >= 11 is 1.45. The first-order valence-electron chi connectivity index (χ1n) is 8.09. The third-order valence-electron chi connectivity index (χ3n) is 3.55. The number of rotatable bonds is 6. The van der Waals surface area contributed by atoms with Crippen molar-refractivity contribution in [2.24, 2.45) is 10.1 Å². The van der Waals surface area contributed by atoms with Crippen LogP contribution in [-0.2, 0) is 0 Å². The molecule has 3 aromatic rings. The first-order valence-corrected chi connectivity index (χ1v) is 8.97. The molecule has 8 heteroatoms. The van der Waals surface area contributed by atoms with Crippen LogP contribution < -0.4 is 4.80 Å². The molecule has 0 saturated heterocycles. The molecule has 0 bridgehead atoms. The summed E-state index contributed by atoms with van der Waals surface area (Å²) in [4.78, 5) is 19.8. The van der Waals surface area contributed by atoms with Gasteiger partial charge in [0.25, 0.3) is 5.69 Å². The number of pyridine rings is 1. The summed E-state index contributed by atoms with van der Waals surface area (Å²) in [6.45, 7) is 6.29. The Morgan fingerprint density at radius 2 is 2.15 bits per heavy atom. The fourth-order valence-electron chi connectivity index (χ4n) is 2.25.